The predicted molar refractivity (Wildman–Crippen MR) is 55.3 cm³/mol. The van der Waals surface area contributed by atoms with Gasteiger partial charge in [0.15, 0.2) is 11.5 Å². The average molecular weight is 226 g/mol. The molecular formula is C11H14O5. The number of hydrogen-bond acceptors (Lipinski definition) is 5. The highest BCUT2D eigenvalue weighted by molar-refractivity contribution is 5.54. The van der Waals surface area contributed by atoms with Gasteiger partial charge in [0.05, 0.1) is 13.2 Å². The quantitative estimate of drug-likeness (QED) is 0.814. The van der Waals surface area contributed by atoms with Crippen LogP contribution in [-0.4, -0.2) is 22.8 Å². The monoisotopic (exact) mass is 226 g/mol. The van der Waals surface area contributed by atoms with Gasteiger partial charge in [-0.1, -0.05) is 0 Å². The van der Waals surface area contributed by atoms with Crippen LogP contribution in [0.3, 0.4) is 0 Å². The van der Waals surface area contributed by atoms with Crippen molar-refractivity contribution < 1.29 is 24.4 Å². The van der Waals surface area contributed by atoms with Crippen molar-refractivity contribution in [3.05, 3.63) is 17.7 Å². The Balaban J connectivity index is 2.33. The molecule has 0 saturated carbocycles. The summed E-state index contributed by atoms with van der Waals surface area (Å²) in [6.07, 6.45) is 0. The Labute approximate surface area is 93.2 Å². The Morgan fingerprint density at radius 1 is 1.38 bits per heavy atom. The molecule has 0 spiro atoms. The molecule has 0 saturated heterocycles. The van der Waals surface area contributed by atoms with Crippen molar-refractivity contribution in [3.8, 4) is 17.2 Å². The maximum Gasteiger partial charge on any atom is 0.369 e. The highest BCUT2D eigenvalue weighted by Crippen LogP contribution is 2.46. The molecule has 1 aromatic carbocycles. The van der Waals surface area contributed by atoms with Crippen molar-refractivity contribution in [1.29, 1.82) is 0 Å². The number of aliphatic hydroxyl groups excluding tert-OH is 1. The summed E-state index contributed by atoms with van der Waals surface area (Å²) in [5, 5.41) is 18.7. The zero-order valence-corrected chi connectivity index (χ0v) is 9.19. The standard InChI is InChI=1S/C11H14O5/c1-3-14-11(2)15-9-5-7(6-12)4-8(13)10(9)16-11/h4-5,12-13H,3,6H2,1-2H3. The minimum atomic E-state index is -1.21. The molecular weight excluding hydrogens is 212 g/mol. The first-order chi connectivity index (χ1) is 7.58. The van der Waals surface area contributed by atoms with E-state index >= 15 is 0 Å². The Morgan fingerprint density at radius 3 is 2.75 bits per heavy atom. The molecule has 0 aromatic heterocycles. The van der Waals surface area contributed by atoms with Crippen molar-refractivity contribution in [2.24, 2.45) is 0 Å². The van der Waals surface area contributed by atoms with Crippen LogP contribution >= 0.6 is 0 Å². The van der Waals surface area contributed by atoms with Crippen LogP contribution in [0.5, 0.6) is 17.2 Å². The normalized spacial score (nSPS) is 22.4. The fourth-order valence-corrected chi connectivity index (χ4v) is 1.64. The molecule has 5 nitrogen and oxygen atoms in total. The Morgan fingerprint density at radius 2 is 2.12 bits per heavy atom. The number of phenols is 1. The van der Waals surface area contributed by atoms with E-state index < -0.39 is 5.97 Å². The fraction of sp³-hybridized carbons (Fsp3) is 0.455. The molecule has 5 heteroatoms. The van der Waals surface area contributed by atoms with Gasteiger partial charge >= 0.3 is 5.97 Å². The molecule has 0 fully saturated rings. The highest BCUT2D eigenvalue weighted by atomic mass is 16.9. The molecule has 1 aliphatic rings. The molecule has 0 aliphatic carbocycles. The van der Waals surface area contributed by atoms with Gasteiger partial charge in [-0.3, -0.25) is 0 Å². The third kappa shape index (κ3) is 1.79. The largest absolute Gasteiger partial charge is 0.504 e. The lowest BCUT2D eigenvalue weighted by atomic mass is 10.2. The second-order valence-corrected chi connectivity index (χ2v) is 3.60. The van der Waals surface area contributed by atoms with Gasteiger partial charge in [-0.15, -0.1) is 0 Å². The molecule has 1 unspecified atom stereocenters. The molecule has 1 atom stereocenters. The van der Waals surface area contributed by atoms with Crippen molar-refractivity contribution >= 4 is 0 Å². The van der Waals surface area contributed by atoms with Crippen molar-refractivity contribution in [1.82, 2.24) is 0 Å². The van der Waals surface area contributed by atoms with E-state index in [4.69, 9.17) is 19.3 Å². The van der Waals surface area contributed by atoms with Gasteiger partial charge in [-0.05, 0) is 24.6 Å². The second-order valence-electron chi connectivity index (χ2n) is 3.60. The lowest BCUT2D eigenvalue weighted by Gasteiger charge is -2.21. The number of aliphatic hydroxyl groups is 1. The first-order valence-corrected chi connectivity index (χ1v) is 5.06. The smallest absolute Gasteiger partial charge is 0.369 e. The molecule has 16 heavy (non-hydrogen) atoms. The van der Waals surface area contributed by atoms with E-state index in [-0.39, 0.29) is 18.1 Å². The van der Waals surface area contributed by atoms with Crippen LogP contribution in [0.2, 0.25) is 0 Å². The number of benzene rings is 1. The van der Waals surface area contributed by atoms with Crippen LogP contribution in [0, 0.1) is 0 Å². The van der Waals surface area contributed by atoms with Gasteiger partial charge in [0.1, 0.15) is 0 Å². The van der Waals surface area contributed by atoms with Gasteiger partial charge in [0.25, 0.3) is 0 Å². The van der Waals surface area contributed by atoms with E-state index in [1.54, 1.807) is 13.0 Å². The van der Waals surface area contributed by atoms with Gasteiger partial charge in [0, 0.05) is 6.92 Å². The Kier molecular flexibility index (Phi) is 2.65. The summed E-state index contributed by atoms with van der Waals surface area (Å²) in [7, 11) is 0. The summed E-state index contributed by atoms with van der Waals surface area (Å²) < 4.78 is 16.1. The first-order valence-electron chi connectivity index (χ1n) is 5.06. The summed E-state index contributed by atoms with van der Waals surface area (Å²) in [6.45, 7) is 3.70. The van der Waals surface area contributed by atoms with Crippen LogP contribution in [0.25, 0.3) is 0 Å². The number of ether oxygens (including phenoxy) is 3. The lowest BCUT2D eigenvalue weighted by Crippen LogP contribution is -2.37. The molecule has 0 bridgehead atoms. The summed E-state index contributed by atoms with van der Waals surface area (Å²) in [6, 6.07) is 3.04. The van der Waals surface area contributed by atoms with E-state index in [1.807, 2.05) is 6.92 Å². The fourth-order valence-electron chi connectivity index (χ4n) is 1.64. The number of phenolic OH excluding ortho intramolecular Hbond substituents is 1. The first kappa shape index (κ1) is 11.0. The summed E-state index contributed by atoms with van der Waals surface area (Å²) in [5.74, 6) is -0.652. The number of rotatable bonds is 3. The maximum atomic E-state index is 9.67. The Bertz CT molecular complexity index is 404. The van der Waals surface area contributed by atoms with Crippen LogP contribution < -0.4 is 9.47 Å². The number of aromatic hydroxyl groups is 1. The highest BCUT2D eigenvalue weighted by Gasteiger charge is 2.39. The lowest BCUT2D eigenvalue weighted by molar-refractivity contribution is -0.266. The van der Waals surface area contributed by atoms with Crippen molar-refractivity contribution in [3.63, 3.8) is 0 Å². The molecule has 1 aromatic rings. The van der Waals surface area contributed by atoms with Crippen LogP contribution in [0.1, 0.15) is 19.4 Å². The van der Waals surface area contributed by atoms with Crippen molar-refractivity contribution in [2.45, 2.75) is 26.4 Å². The number of hydrogen-bond donors (Lipinski definition) is 2. The predicted octanol–water partition coefficient (Wildman–Crippen LogP) is 1.37. The zero-order valence-electron chi connectivity index (χ0n) is 9.19. The van der Waals surface area contributed by atoms with Crippen LogP contribution in [-0.2, 0) is 11.3 Å². The van der Waals surface area contributed by atoms with Gasteiger partial charge < -0.3 is 24.4 Å². The maximum absolute atomic E-state index is 9.67. The third-order valence-electron chi connectivity index (χ3n) is 2.27. The van der Waals surface area contributed by atoms with E-state index in [2.05, 4.69) is 0 Å². The number of fused-ring (bicyclic) bond motifs is 1. The second kappa shape index (κ2) is 3.84. The topological polar surface area (TPSA) is 68.2 Å². The van der Waals surface area contributed by atoms with E-state index in [0.717, 1.165) is 0 Å². The summed E-state index contributed by atoms with van der Waals surface area (Å²) in [4.78, 5) is 0. The molecule has 2 rings (SSSR count). The summed E-state index contributed by atoms with van der Waals surface area (Å²) in [5.41, 5.74) is 0.556. The zero-order chi connectivity index (χ0) is 11.8. The Hall–Kier alpha value is -1.46. The van der Waals surface area contributed by atoms with Crippen molar-refractivity contribution in [2.75, 3.05) is 6.61 Å². The minimum absolute atomic E-state index is 0.0648. The molecule has 0 radical (unpaired) electrons. The molecule has 0 amide bonds. The SMILES string of the molecule is CCOC1(C)Oc2cc(CO)cc(O)c2O1. The molecule has 1 heterocycles. The van der Waals surface area contributed by atoms with E-state index in [9.17, 15) is 5.11 Å². The third-order valence-corrected chi connectivity index (χ3v) is 2.27. The van der Waals surface area contributed by atoms with Crippen LogP contribution in [0.15, 0.2) is 12.1 Å². The van der Waals surface area contributed by atoms with Crippen LogP contribution in [0.4, 0.5) is 0 Å². The molecule has 1 aliphatic heterocycles. The van der Waals surface area contributed by atoms with E-state index in [0.29, 0.717) is 17.9 Å². The average Bonchev–Trinajstić information content (AvgIpc) is 2.55. The summed E-state index contributed by atoms with van der Waals surface area (Å²) >= 11 is 0. The minimum Gasteiger partial charge on any atom is -0.504 e. The molecule has 88 valence electrons. The van der Waals surface area contributed by atoms with Gasteiger partial charge in [-0.2, -0.15) is 0 Å². The van der Waals surface area contributed by atoms with E-state index in [1.165, 1.54) is 6.07 Å². The molecule has 2 N–H and O–H groups in total. The van der Waals surface area contributed by atoms with Gasteiger partial charge in [-0.25, -0.2) is 0 Å². The van der Waals surface area contributed by atoms with Gasteiger partial charge in [0.2, 0.25) is 5.75 Å².